The van der Waals surface area contributed by atoms with Crippen molar-refractivity contribution in [1.82, 2.24) is 0 Å². The highest BCUT2D eigenvalue weighted by molar-refractivity contribution is 5.92. The summed E-state index contributed by atoms with van der Waals surface area (Å²) in [6.45, 7) is 6.73. The van der Waals surface area contributed by atoms with Crippen LogP contribution in [0, 0.1) is 28.1 Å². The molecule has 254 valence electrons. The van der Waals surface area contributed by atoms with Crippen LogP contribution in [0.4, 0.5) is 0 Å². The first kappa shape index (κ1) is 32.1. The van der Waals surface area contributed by atoms with E-state index < -0.39 is 95.0 Å². The lowest BCUT2D eigenvalue weighted by Crippen LogP contribution is -2.72. The van der Waals surface area contributed by atoms with Crippen LogP contribution in [0.3, 0.4) is 0 Å². The molecule has 2 aliphatic carbocycles. The molecule has 0 amide bonds. The van der Waals surface area contributed by atoms with E-state index in [-0.39, 0.29) is 43.5 Å². The predicted octanol–water partition coefficient (Wildman–Crippen LogP) is 0.482. The Morgan fingerprint density at radius 3 is 2.41 bits per heavy atom. The number of rotatable bonds is 6. The van der Waals surface area contributed by atoms with Crippen molar-refractivity contribution in [2.75, 3.05) is 13.2 Å². The maximum atomic E-state index is 14.7. The number of aliphatic carboxylic acids is 1. The van der Waals surface area contributed by atoms with Crippen LogP contribution in [0.5, 0.6) is 0 Å². The largest absolute Gasteiger partial charge is 0.479 e. The van der Waals surface area contributed by atoms with Crippen molar-refractivity contribution in [3.05, 3.63) is 24.2 Å². The molecule has 14 atom stereocenters. The lowest BCUT2D eigenvalue weighted by molar-refractivity contribution is -0.328. The summed E-state index contributed by atoms with van der Waals surface area (Å²) in [4.78, 5) is 40.1. The quantitative estimate of drug-likeness (QED) is 0.209. The molecule has 6 aliphatic rings. The van der Waals surface area contributed by atoms with E-state index in [4.69, 9.17) is 28.1 Å². The van der Waals surface area contributed by atoms with E-state index in [1.807, 2.05) is 13.8 Å². The molecular weight excluding hydrogens is 608 g/mol. The summed E-state index contributed by atoms with van der Waals surface area (Å²) in [5.74, 6) is -2.60. The minimum Gasteiger partial charge on any atom is -0.479 e. The van der Waals surface area contributed by atoms with Gasteiger partial charge in [0.15, 0.2) is 12.4 Å². The van der Waals surface area contributed by atoms with Gasteiger partial charge in [0.25, 0.3) is 0 Å². The molecule has 14 heteroatoms. The van der Waals surface area contributed by atoms with Gasteiger partial charge < -0.3 is 53.6 Å². The molecule has 6 fully saturated rings. The topological polar surface area (TPSA) is 215 Å². The number of ether oxygens (including phenoxy) is 5. The van der Waals surface area contributed by atoms with Crippen LogP contribution < -0.4 is 0 Å². The predicted molar refractivity (Wildman–Crippen MR) is 151 cm³/mol. The molecule has 4 saturated heterocycles. The Hall–Kier alpha value is -2.43. The molecule has 0 bridgehead atoms. The monoisotopic (exact) mass is 650 g/mol. The Labute approximate surface area is 264 Å². The number of ketones is 1. The third-order valence-corrected chi connectivity index (χ3v) is 12.6. The second-order valence-corrected chi connectivity index (χ2v) is 14.9. The molecule has 7 rings (SSSR count). The summed E-state index contributed by atoms with van der Waals surface area (Å²) < 4.78 is 36.1. The summed E-state index contributed by atoms with van der Waals surface area (Å²) in [5, 5.41) is 52.1. The Kier molecular flexibility index (Phi) is 7.19. The van der Waals surface area contributed by atoms with Crippen molar-refractivity contribution in [1.29, 1.82) is 0 Å². The van der Waals surface area contributed by atoms with E-state index in [9.17, 15) is 39.9 Å². The highest BCUT2D eigenvalue weighted by Crippen LogP contribution is 2.78. The molecule has 5 heterocycles. The number of aliphatic hydroxyl groups is 4. The third-order valence-electron chi connectivity index (χ3n) is 12.6. The number of epoxide rings is 1. The first-order valence-corrected chi connectivity index (χ1v) is 15.9. The maximum absolute atomic E-state index is 14.7. The fourth-order valence-electron chi connectivity index (χ4n) is 10.5. The summed E-state index contributed by atoms with van der Waals surface area (Å²) in [5.41, 5.74) is -5.40. The first-order valence-electron chi connectivity index (χ1n) is 15.9. The van der Waals surface area contributed by atoms with Crippen molar-refractivity contribution in [3.63, 3.8) is 0 Å². The van der Waals surface area contributed by atoms with Gasteiger partial charge in [-0.05, 0) is 45.6 Å². The van der Waals surface area contributed by atoms with Crippen LogP contribution in [0.1, 0.15) is 65.0 Å². The first-order chi connectivity index (χ1) is 21.6. The van der Waals surface area contributed by atoms with Gasteiger partial charge in [-0.25, -0.2) is 4.79 Å². The Morgan fingerprint density at radius 2 is 1.78 bits per heavy atom. The Balaban J connectivity index is 1.35. The molecule has 4 aliphatic heterocycles. The van der Waals surface area contributed by atoms with Gasteiger partial charge in [-0.3, -0.25) is 9.59 Å². The van der Waals surface area contributed by atoms with Crippen molar-refractivity contribution >= 4 is 17.7 Å². The second kappa shape index (κ2) is 10.3. The van der Waals surface area contributed by atoms with Crippen molar-refractivity contribution < 1.29 is 68.0 Å². The molecule has 2 saturated carbocycles. The zero-order valence-corrected chi connectivity index (χ0v) is 26.2. The minimum absolute atomic E-state index is 0.0199. The molecule has 0 aromatic carbocycles. The van der Waals surface area contributed by atoms with Gasteiger partial charge in [0.2, 0.25) is 0 Å². The second-order valence-electron chi connectivity index (χ2n) is 14.9. The number of carbonyl (C=O) groups excluding carboxylic acids is 2. The highest BCUT2D eigenvalue weighted by atomic mass is 16.7. The number of carboxylic acid groups (broad SMARTS) is 1. The number of furan rings is 1. The fraction of sp³-hybridized carbons (Fsp3) is 0.781. The lowest BCUT2D eigenvalue weighted by Gasteiger charge is -2.64. The maximum Gasteiger partial charge on any atom is 0.335 e. The van der Waals surface area contributed by atoms with Crippen LogP contribution >= 0.6 is 0 Å². The van der Waals surface area contributed by atoms with Crippen molar-refractivity contribution in [3.8, 4) is 0 Å². The van der Waals surface area contributed by atoms with Crippen molar-refractivity contribution in [2.45, 2.75) is 114 Å². The van der Waals surface area contributed by atoms with Crippen LogP contribution in [0.25, 0.3) is 0 Å². The number of carboxylic acids is 1. The van der Waals surface area contributed by atoms with E-state index >= 15 is 0 Å². The molecule has 1 aromatic rings. The van der Waals surface area contributed by atoms with E-state index in [1.54, 1.807) is 19.9 Å². The summed E-state index contributed by atoms with van der Waals surface area (Å²) in [6.07, 6.45) is -7.39. The Morgan fingerprint density at radius 1 is 1.04 bits per heavy atom. The SMILES string of the molecule is CC1(C)O[C@H]2CC(=O)OC[C@@]23C1CC(=O)[C@]1(C)C3CC[C@@](C)([C@@H](OC2OC(CO)C(O)C(O)C2O)c2ccoc2)[C@@]12O[C@@H]2C(=O)O. The number of hydrogen-bond acceptors (Lipinski definition) is 13. The standard InChI is InChI=1S/C32H42O14/c1-28(2)17-9-18(34)30(4)16(31(17)13-42-20(35)10-19(31)45-28)5-7-29(3,32(30)25(46-32)26(39)40)24(14-6-8-41-12-14)44-27-23(38)22(37)21(36)15(11-33)43-27/h6,8,12,15-17,19,21-25,27,33,36-38H,5,7,9-11,13H2,1-4H3,(H,39,40)/t15?,16?,17?,19-,21?,22?,23?,24-,25+,27?,29-,30-,31+,32+/m0/s1. The van der Waals surface area contributed by atoms with Gasteiger partial charge in [0.05, 0.1) is 48.8 Å². The molecule has 14 nitrogen and oxygen atoms in total. The van der Waals surface area contributed by atoms with Crippen LogP contribution in [-0.4, -0.2) is 111 Å². The summed E-state index contributed by atoms with van der Waals surface area (Å²) >= 11 is 0. The minimum atomic E-state index is -1.74. The van der Waals surface area contributed by atoms with E-state index in [0.717, 1.165) is 0 Å². The molecule has 0 radical (unpaired) electrons. The van der Waals surface area contributed by atoms with Gasteiger partial charge in [0.1, 0.15) is 42.4 Å². The van der Waals surface area contributed by atoms with Crippen molar-refractivity contribution in [2.24, 2.45) is 28.1 Å². The van der Waals surface area contributed by atoms with Gasteiger partial charge in [-0.1, -0.05) is 6.92 Å². The van der Waals surface area contributed by atoms with Gasteiger partial charge in [0, 0.05) is 28.7 Å². The van der Waals surface area contributed by atoms with Gasteiger partial charge in [-0.2, -0.15) is 0 Å². The van der Waals surface area contributed by atoms with E-state index in [0.29, 0.717) is 12.0 Å². The zero-order valence-electron chi connectivity index (χ0n) is 26.2. The zero-order chi connectivity index (χ0) is 33.2. The molecular formula is C32H42O14. The number of fused-ring (bicyclic) bond motifs is 2. The normalized spacial score (nSPS) is 49.9. The number of aliphatic hydroxyl groups excluding tert-OH is 4. The number of carbonyl (C=O) groups is 3. The molecule has 5 N–H and O–H groups in total. The van der Waals surface area contributed by atoms with E-state index in [1.165, 1.54) is 12.5 Å². The van der Waals surface area contributed by atoms with Crippen LogP contribution in [0.15, 0.2) is 23.0 Å². The summed E-state index contributed by atoms with van der Waals surface area (Å²) in [6, 6.07) is 1.61. The molecule has 46 heavy (non-hydrogen) atoms. The average molecular weight is 651 g/mol. The Bertz CT molecular complexity index is 1410. The van der Waals surface area contributed by atoms with E-state index in [2.05, 4.69) is 0 Å². The molecule has 1 aromatic heterocycles. The van der Waals surface area contributed by atoms with Gasteiger partial charge >= 0.3 is 11.9 Å². The molecule has 7 unspecified atom stereocenters. The average Bonchev–Trinajstić information content (AvgIpc) is 3.48. The van der Waals surface area contributed by atoms with Gasteiger partial charge in [-0.15, -0.1) is 0 Å². The smallest absolute Gasteiger partial charge is 0.335 e. The highest BCUT2D eigenvalue weighted by Gasteiger charge is 2.88. The molecule has 2 spiro atoms. The third kappa shape index (κ3) is 3.89. The number of esters is 1. The number of cyclic esters (lactones) is 1. The number of hydrogen-bond donors (Lipinski definition) is 5. The van der Waals surface area contributed by atoms with Crippen LogP contribution in [0.2, 0.25) is 0 Å². The summed E-state index contributed by atoms with van der Waals surface area (Å²) in [7, 11) is 0. The van der Waals surface area contributed by atoms with Crippen LogP contribution in [-0.2, 0) is 38.1 Å². The fourth-order valence-corrected chi connectivity index (χ4v) is 10.5. The lowest BCUT2D eigenvalue weighted by atomic mass is 9.37. The number of Topliss-reactive ketones (excluding diaryl/α,β-unsaturated/α-hetero) is 1.